The first-order valence-corrected chi connectivity index (χ1v) is 15.0. The summed E-state index contributed by atoms with van der Waals surface area (Å²) in [7, 11) is -3.01. The summed E-state index contributed by atoms with van der Waals surface area (Å²) in [5.74, 6) is 2.46. The maximum Gasteiger partial charge on any atom is 0.227 e. The fourth-order valence-electron chi connectivity index (χ4n) is 5.46. The summed E-state index contributed by atoms with van der Waals surface area (Å²) in [5, 5.41) is 5.46. The van der Waals surface area contributed by atoms with Crippen LogP contribution in [0.3, 0.4) is 0 Å². The molecule has 37 heavy (non-hydrogen) atoms. The maximum absolute atomic E-state index is 13.9. The van der Waals surface area contributed by atoms with Crippen molar-refractivity contribution in [3.05, 3.63) is 42.2 Å². The number of benzene rings is 1. The Hall–Kier alpha value is -3.01. The summed E-state index contributed by atoms with van der Waals surface area (Å²) in [6.45, 7) is 8.21. The highest BCUT2D eigenvalue weighted by molar-refractivity contribution is 7.90. The number of hydrogen-bond acceptors (Lipinski definition) is 8. The Morgan fingerprint density at radius 3 is 2.65 bits per heavy atom. The van der Waals surface area contributed by atoms with E-state index in [2.05, 4.69) is 53.1 Å². The predicted molar refractivity (Wildman–Crippen MR) is 147 cm³/mol. The lowest BCUT2D eigenvalue weighted by Gasteiger charge is -2.48. The number of hydrogen-bond donors (Lipinski definition) is 1. The Balaban J connectivity index is 1.42. The van der Waals surface area contributed by atoms with E-state index in [4.69, 9.17) is 4.98 Å². The Kier molecular flexibility index (Phi) is 6.95. The Bertz CT molecular complexity index is 1400. The molecule has 0 unspecified atom stereocenters. The number of halogens is 1. The van der Waals surface area contributed by atoms with E-state index in [0.29, 0.717) is 43.0 Å². The number of sulfone groups is 1. The highest BCUT2D eigenvalue weighted by Gasteiger charge is 2.38. The van der Waals surface area contributed by atoms with Crippen LogP contribution in [0.2, 0.25) is 0 Å². The standard InChI is InChI=1S/C27H35FN6O2S/c1-17(2)21-7-8-24(34-14-19(18(34)3)16-37(4,35)36)23-13-30-26(12-22(21)23)31-25-9-10-29-27(32-25)33-11-5-6-20(28)15-33/h7-10,12-13,17-20H,5-6,11,14-16H2,1-4H3,(H,29,30,31,32)/t18-,19-,20-/m1/s1. The predicted octanol–water partition coefficient (Wildman–Crippen LogP) is 4.70. The average Bonchev–Trinajstić information content (AvgIpc) is 2.85. The fourth-order valence-corrected chi connectivity index (χ4v) is 6.63. The van der Waals surface area contributed by atoms with E-state index in [1.807, 2.05) is 17.2 Å². The number of nitrogens with zero attached hydrogens (tertiary/aromatic N) is 5. The van der Waals surface area contributed by atoms with Crippen molar-refractivity contribution in [2.24, 2.45) is 5.92 Å². The zero-order chi connectivity index (χ0) is 26.3. The SMILES string of the molecule is CC(C)c1ccc(N2C[C@H](CS(C)(=O)=O)[C@H]2C)c2cnc(Nc3ccnc(N4CCC[C@@H](F)C4)n3)cc12. The minimum atomic E-state index is -3.01. The van der Waals surface area contributed by atoms with Gasteiger partial charge in [-0.2, -0.15) is 4.98 Å². The molecule has 1 N–H and O–H groups in total. The molecular formula is C27H35FN6O2S. The fraction of sp³-hybridized carbons (Fsp3) is 0.519. The van der Waals surface area contributed by atoms with Crippen LogP contribution in [0.4, 0.5) is 27.7 Å². The normalized spacial score (nSPS) is 22.4. The third kappa shape index (κ3) is 5.49. The topological polar surface area (TPSA) is 91.3 Å². The molecule has 2 aliphatic rings. The van der Waals surface area contributed by atoms with E-state index in [1.54, 1.807) is 12.3 Å². The summed E-state index contributed by atoms with van der Waals surface area (Å²) in [6.07, 6.45) is 5.40. The van der Waals surface area contributed by atoms with Crippen LogP contribution in [0, 0.1) is 5.92 Å². The van der Waals surface area contributed by atoms with Crippen LogP contribution in [0.15, 0.2) is 36.7 Å². The van der Waals surface area contributed by atoms with Crippen molar-refractivity contribution in [1.29, 1.82) is 0 Å². The highest BCUT2D eigenvalue weighted by atomic mass is 32.2. The lowest BCUT2D eigenvalue weighted by molar-refractivity contribution is 0.285. The number of nitrogens with one attached hydrogen (secondary N) is 1. The zero-order valence-electron chi connectivity index (χ0n) is 21.9. The second-order valence-electron chi connectivity index (χ2n) is 10.7. The summed E-state index contributed by atoms with van der Waals surface area (Å²) < 4.78 is 37.5. The molecule has 8 nitrogen and oxygen atoms in total. The van der Waals surface area contributed by atoms with Gasteiger partial charge in [-0.15, -0.1) is 0 Å². The third-order valence-electron chi connectivity index (χ3n) is 7.51. The van der Waals surface area contributed by atoms with Gasteiger partial charge in [-0.05, 0) is 54.8 Å². The minimum Gasteiger partial charge on any atom is -0.368 e. The van der Waals surface area contributed by atoms with E-state index in [1.165, 1.54) is 11.8 Å². The average molecular weight is 527 g/mol. The summed E-state index contributed by atoms with van der Waals surface area (Å²) >= 11 is 0. The molecular weight excluding hydrogens is 491 g/mol. The molecule has 2 saturated heterocycles. The largest absolute Gasteiger partial charge is 0.368 e. The van der Waals surface area contributed by atoms with Crippen molar-refractivity contribution in [1.82, 2.24) is 15.0 Å². The van der Waals surface area contributed by atoms with Crippen LogP contribution < -0.4 is 15.1 Å². The van der Waals surface area contributed by atoms with Gasteiger partial charge >= 0.3 is 0 Å². The van der Waals surface area contributed by atoms with Gasteiger partial charge in [-0.25, -0.2) is 22.8 Å². The second kappa shape index (κ2) is 10.0. The van der Waals surface area contributed by atoms with Gasteiger partial charge in [0, 0.05) is 54.8 Å². The highest BCUT2D eigenvalue weighted by Crippen LogP contribution is 2.39. The summed E-state index contributed by atoms with van der Waals surface area (Å²) in [6, 6.07) is 8.27. The number of fused-ring (bicyclic) bond motifs is 1. The molecule has 0 saturated carbocycles. The van der Waals surface area contributed by atoms with Crippen LogP contribution in [0.1, 0.15) is 45.1 Å². The lowest BCUT2D eigenvalue weighted by Crippen LogP contribution is -2.57. The van der Waals surface area contributed by atoms with Crippen molar-refractivity contribution < 1.29 is 12.8 Å². The van der Waals surface area contributed by atoms with Crippen molar-refractivity contribution in [2.75, 3.05) is 46.8 Å². The molecule has 0 amide bonds. The first-order valence-electron chi connectivity index (χ1n) is 12.9. The third-order valence-corrected chi connectivity index (χ3v) is 8.54. The van der Waals surface area contributed by atoms with E-state index in [9.17, 15) is 12.8 Å². The number of aromatic nitrogens is 3. The summed E-state index contributed by atoms with van der Waals surface area (Å²) in [4.78, 5) is 17.8. The maximum atomic E-state index is 13.9. The van der Waals surface area contributed by atoms with Crippen molar-refractivity contribution in [2.45, 2.75) is 51.7 Å². The molecule has 0 radical (unpaired) electrons. The van der Waals surface area contributed by atoms with Gasteiger partial charge in [0.05, 0.1) is 12.3 Å². The number of piperidine rings is 1. The Labute approximate surface area is 218 Å². The van der Waals surface area contributed by atoms with Crippen LogP contribution >= 0.6 is 0 Å². The molecule has 2 fully saturated rings. The van der Waals surface area contributed by atoms with Crippen LogP contribution in [0.5, 0.6) is 0 Å². The van der Waals surface area contributed by atoms with Crippen LogP contribution in [0.25, 0.3) is 10.8 Å². The first kappa shape index (κ1) is 25.6. The van der Waals surface area contributed by atoms with Gasteiger partial charge in [0.2, 0.25) is 5.95 Å². The van der Waals surface area contributed by atoms with Crippen molar-refractivity contribution in [3.63, 3.8) is 0 Å². The van der Waals surface area contributed by atoms with Crippen LogP contribution in [-0.4, -0.2) is 67.2 Å². The Morgan fingerprint density at radius 1 is 1.14 bits per heavy atom. The van der Waals surface area contributed by atoms with Crippen LogP contribution in [-0.2, 0) is 9.84 Å². The monoisotopic (exact) mass is 526 g/mol. The molecule has 0 spiro atoms. The second-order valence-corrected chi connectivity index (χ2v) is 12.9. The van der Waals surface area contributed by atoms with E-state index in [0.717, 1.165) is 29.4 Å². The Morgan fingerprint density at radius 2 is 1.95 bits per heavy atom. The molecule has 3 aromatic rings. The molecule has 2 aliphatic heterocycles. The van der Waals surface area contributed by atoms with Crippen molar-refractivity contribution >= 4 is 43.9 Å². The molecule has 5 rings (SSSR count). The van der Waals surface area contributed by atoms with Gasteiger partial charge in [-0.1, -0.05) is 19.9 Å². The first-order chi connectivity index (χ1) is 17.6. The van der Waals surface area contributed by atoms with Crippen molar-refractivity contribution in [3.8, 4) is 0 Å². The number of alkyl halides is 1. The molecule has 198 valence electrons. The van der Waals surface area contributed by atoms with Gasteiger partial charge < -0.3 is 15.1 Å². The van der Waals surface area contributed by atoms with Gasteiger partial charge in [0.15, 0.2) is 0 Å². The molecule has 2 aromatic heterocycles. The molecule has 10 heteroatoms. The molecule has 0 bridgehead atoms. The van der Waals surface area contributed by atoms with Gasteiger partial charge in [-0.3, -0.25) is 0 Å². The lowest BCUT2D eigenvalue weighted by atomic mass is 9.88. The smallest absolute Gasteiger partial charge is 0.227 e. The van der Waals surface area contributed by atoms with E-state index < -0.39 is 16.0 Å². The van der Waals surface area contributed by atoms with E-state index in [-0.39, 0.29) is 17.7 Å². The zero-order valence-corrected chi connectivity index (χ0v) is 22.7. The molecule has 4 heterocycles. The molecule has 1 aromatic carbocycles. The minimum absolute atomic E-state index is 0.128. The number of rotatable bonds is 7. The summed E-state index contributed by atoms with van der Waals surface area (Å²) in [5.41, 5.74) is 2.29. The van der Waals surface area contributed by atoms with Gasteiger partial charge in [0.25, 0.3) is 0 Å². The quantitative estimate of drug-likeness (QED) is 0.474. The number of pyridine rings is 1. The van der Waals surface area contributed by atoms with Gasteiger partial charge in [0.1, 0.15) is 27.6 Å². The number of anilines is 4. The molecule has 0 aliphatic carbocycles. The molecule has 3 atom stereocenters. The van der Waals surface area contributed by atoms with E-state index >= 15 is 0 Å².